The number of rotatable bonds is 5. The maximum atomic E-state index is 12.1. The smallest absolute Gasteiger partial charge is 0.264 e. The number of nitrogens with one attached hydrogen (secondary N) is 1. The number of hydrogen-bond acceptors (Lipinski definition) is 4. The molecule has 4 rings (SSSR count). The molecule has 1 amide bonds. The number of anilines is 1. The molecule has 6 heteroatoms. The molecule has 134 valence electrons. The third kappa shape index (κ3) is 4.27. The normalized spacial score (nSPS) is 10.7. The van der Waals surface area contributed by atoms with Crippen LogP contribution in [0.5, 0.6) is 5.75 Å². The number of hydrogen-bond donors (Lipinski definition) is 1. The second-order valence-corrected chi connectivity index (χ2v) is 7.19. The molecule has 27 heavy (non-hydrogen) atoms. The molecular weight excluding hydrogens is 380 g/mol. The molecule has 0 bridgehead atoms. The van der Waals surface area contributed by atoms with Crippen molar-refractivity contribution in [2.45, 2.75) is 0 Å². The lowest BCUT2D eigenvalue weighted by Crippen LogP contribution is -2.20. The minimum atomic E-state index is -0.260. The van der Waals surface area contributed by atoms with E-state index in [9.17, 15) is 4.79 Å². The molecular formula is C21H15ClN2O2S. The Labute approximate surface area is 165 Å². The molecule has 1 heterocycles. The number of aromatic nitrogens is 1. The Kier molecular flexibility index (Phi) is 5.05. The zero-order valence-corrected chi connectivity index (χ0v) is 15.8. The third-order valence-corrected chi connectivity index (χ3v) is 4.99. The standard InChI is InChI=1S/C21H15ClN2O2S/c22-17-7-9-18(10-8-17)26-12-20(25)24-21-23-19(13-27-21)16-6-5-14-3-1-2-4-15(14)11-16/h1-11,13H,12H2,(H,23,24,25). The van der Waals surface area contributed by atoms with Crippen LogP contribution in [0.25, 0.3) is 22.0 Å². The second-order valence-electron chi connectivity index (χ2n) is 5.89. The summed E-state index contributed by atoms with van der Waals surface area (Å²) in [6.07, 6.45) is 0. The Bertz CT molecular complexity index is 1090. The van der Waals surface area contributed by atoms with Crippen molar-refractivity contribution in [2.75, 3.05) is 11.9 Å². The van der Waals surface area contributed by atoms with E-state index in [1.807, 2.05) is 23.6 Å². The van der Waals surface area contributed by atoms with Crippen molar-refractivity contribution < 1.29 is 9.53 Å². The minimum absolute atomic E-state index is 0.0908. The molecule has 3 aromatic carbocycles. The van der Waals surface area contributed by atoms with Crippen molar-refractivity contribution in [2.24, 2.45) is 0 Å². The van der Waals surface area contributed by atoms with E-state index in [1.165, 1.54) is 16.7 Å². The SMILES string of the molecule is O=C(COc1ccc(Cl)cc1)Nc1nc(-c2ccc3ccccc3c2)cs1. The van der Waals surface area contributed by atoms with Gasteiger partial charge in [-0.25, -0.2) is 4.98 Å². The number of carbonyl (C=O) groups excluding carboxylic acids is 1. The van der Waals surface area contributed by atoms with E-state index in [4.69, 9.17) is 16.3 Å². The largest absolute Gasteiger partial charge is 0.484 e. The van der Waals surface area contributed by atoms with Crippen LogP contribution in [-0.4, -0.2) is 17.5 Å². The maximum Gasteiger partial charge on any atom is 0.264 e. The van der Waals surface area contributed by atoms with Crippen LogP contribution in [0.3, 0.4) is 0 Å². The van der Waals surface area contributed by atoms with E-state index in [0.717, 1.165) is 16.6 Å². The average molecular weight is 395 g/mol. The molecule has 1 N–H and O–H groups in total. The fraction of sp³-hybridized carbons (Fsp3) is 0.0476. The molecule has 0 fully saturated rings. The number of fused-ring (bicyclic) bond motifs is 1. The molecule has 0 atom stereocenters. The van der Waals surface area contributed by atoms with Gasteiger partial charge in [-0.15, -0.1) is 11.3 Å². The summed E-state index contributed by atoms with van der Waals surface area (Å²) >= 11 is 7.21. The highest BCUT2D eigenvalue weighted by Crippen LogP contribution is 2.27. The maximum absolute atomic E-state index is 12.1. The fourth-order valence-electron chi connectivity index (χ4n) is 2.65. The van der Waals surface area contributed by atoms with E-state index in [-0.39, 0.29) is 12.5 Å². The quantitative estimate of drug-likeness (QED) is 0.477. The Morgan fingerprint density at radius 3 is 2.63 bits per heavy atom. The number of benzene rings is 3. The van der Waals surface area contributed by atoms with Crippen molar-refractivity contribution in [3.63, 3.8) is 0 Å². The predicted octanol–water partition coefficient (Wildman–Crippen LogP) is 5.63. The summed E-state index contributed by atoms with van der Waals surface area (Å²) in [4.78, 5) is 16.6. The van der Waals surface area contributed by atoms with Crippen LogP contribution in [0.15, 0.2) is 72.1 Å². The first kappa shape index (κ1) is 17.5. The van der Waals surface area contributed by atoms with Gasteiger partial charge in [0.25, 0.3) is 5.91 Å². The molecule has 0 saturated heterocycles. The van der Waals surface area contributed by atoms with E-state index in [2.05, 4.69) is 34.6 Å². The summed E-state index contributed by atoms with van der Waals surface area (Å²) in [7, 11) is 0. The average Bonchev–Trinajstić information content (AvgIpc) is 3.15. The van der Waals surface area contributed by atoms with Crippen LogP contribution in [0, 0.1) is 0 Å². The highest BCUT2D eigenvalue weighted by atomic mass is 35.5. The van der Waals surface area contributed by atoms with Crippen LogP contribution in [0.2, 0.25) is 5.02 Å². The van der Waals surface area contributed by atoms with Crippen molar-refractivity contribution in [1.82, 2.24) is 4.98 Å². The Balaban J connectivity index is 1.41. The van der Waals surface area contributed by atoms with Gasteiger partial charge in [0.2, 0.25) is 0 Å². The zero-order valence-electron chi connectivity index (χ0n) is 14.2. The van der Waals surface area contributed by atoms with E-state index >= 15 is 0 Å². The molecule has 0 saturated carbocycles. The van der Waals surface area contributed by atoms with Crippen molar-refractivity contribution in [1.29, 1.82) is 0 Å². The van der Waals surface area contributed by atoms with Gasteiger partial charge in [-0.2, -0.15) is 0 Å². The summed E-state index contributed by atoms with van der Waals surface area (Å²) < 4.78 is 5.44. The molecule has 4 aromatic rings. The number of halogens is 1. The van der Waals surface area contributed by atoms with Gasteiger partial charge >= 0.3 is 0 Å². The molecule has 0 aliphatic rings. The molecule has 0 radical (unpaired) electrons. The van der Waals surface area contributed by atoms with Gasteiger partial charge in [0.05, 0.1) is 5.69 Å². The van der Waals surface area contributed by atoms with Gasteiger partial charge in [0, 0.05) is 16.0 Å². The van der Waals surface area contributed by atoms with Gasteiger partial charge in [-0.1, -0.05) is 48.0 Å². The topological polar surface area (TPSA) is 51.2 Å². The summed E-state index contributed by atoms with van der Waals surface area (Å²) in [5, 5.41) is 8.21. The van der Waals surface area contributed by atoms with Crippen LogP contribution in [0.4, 0.5) is 5.13 Å². The summed E-state index contributed by atoms with van der Waals surface area (Å²) in [6, 6.07) is 21.2. The van der Waals surface area contributed by atoms with Gasteiger partial charge in [-0.05, 0) is 41.1 Å². The van der Waals surface area contributed by atoms with Crippen LogP contribution >= 0.6 is 22.9 Å². The molecule has 4 nitrogen and oxygen atoms in total. The first-order valence-corrected chi connectivity index (χ1v) is 9.56. The highest BCUT2D eigenvalue weighted by Gasteiger charge is 2.09. The lowest BCUT2D eigenvalue weighted by molar-refractivity contribution is -0.118. The van der Waals surface area contributed by atoms with Crippen molar-refractivity contribution >= 4 is 44.7 Å². The predicted molar refractivity (Wildman–Crippen MR) is 111 cm³/mol. The Hall–Kier alpha value is -2.89. The summed E-state index contributed by atoms with van der Waals surface area (Å²) in [5.74, 6) is 0.329. The molecule has 0 spiro atoms. The molecule has 1 aromatic heterocycles. The molecule has 0 aliphatic heterocycles. The van der Waals surface area contributed by atoms with Crippen LogP contribution in [0.1, 0.15) is 0 Å². The summed E-state index contributed by atoms with van der Waals surface area (Å²) in [5.41, 5.74) is 1.85. The second kappa shape index (κ2) is 7.78. The minimum Gasteiger partial charge on any atom is -0.484 e. The molecule has 0 aliphatic carbocycles. The number of thiazole rings is 1. The number of nitrogens with zero attached hydrogens (tertiary/aromatic N) is 1. The lowest BCUT2D eigenvalue weighted by Gasteiger charge is -2.05. The number of ether oxygens (including phenoxy) is 1. The number of carbonyl (C=O) groups is 1. The monoisotopic (exact) mass is 394 g/mol. The van der Waals surface area contributed by atoms with Gasteiger partial charge in [0.15, 0.2) is 11.7 Å². The number of amides is 1. The van der Waals surface area contributed by atoms with Gasteiger partial charge < -0.3 is 4.74 Å². The van der Waals surface area contributed by atoms with Gasteiger partial charge in [-0.3, -0.25) is 10.1 Å². The zero-order chi connectivity index (χ0) is 18.6. The highest BCUT2D eigenvalue weighted by molar-refractivity contribution is 7.14. The van der Waals surface area contributed by atoms with Crippen molar-refractivity contribution in [3.05, 3.63) is 77.1 Å². The van der Waals surface area contributed by atoms with E-state index in [1.54, 1.807) is 24.3 Å². The molecule has 0 unspecified atom stereocenters. The summed E-state index contributed by atoms with van der Waals surface area (Å²) in [6.45, 7) is -0.0908. The Morgan fingerprint density at radius 1 is 1.04 bits per heavy atom. The third-order valence-electron chi connectivity index (χ3n) is 3.98. The van der Waals surface area contributed by atoms with E-state index in [0.29, 0.717) is 15.9 Å². The lowest BCUT2D eigenvalue weighted by atomic mass is 10.1. The van der Waals surface area contributed by atoms with Crippen molar-refractivity contribution in [3.8, 4) is 17.0 Å². The fourth-order valence-corrected chi connectivity index (χ4v) is 3.51. The van der Waals surface area contributed by atoms with E-state index < -0.39 is 0 Å². The van der Waals surface area contributed by atoms with Crippen LogP contribution < -0.4 is 10.1 Å². The first-order chi connectivity index (χ1) is 13.2. The van der Waals surface area contributed by atoms with Crippen LogP contribution in [-0.2, 0) is 4.79 Å². The van der Waals surface area contributed by atoms with Gasteiger partial charge in [0.1, 0.15) is 5.75 Å². The first-order valence-electron chi connectivity index (χ1n) is 8.30. The Morgan fingerprint density at radius 2 is 1.81 bits per heavy atom.